The third-order valence-electron chi connectivity index (χ3n) is 7.75. The number of carbonyl (C=O) groups is 2. The third-order valence-corrected chi connectivity index (χ3v) is 7.75. The highest BCUT2D eigenvalue weighted by molar-refractivity contribution is 6.09. The van der Waals surface area contributed by atoms with Gasteiger partial charge in [-0.3, -0.25) is 14.3 Å². The first-order valence-electron chi connectivity index (χ1n) is 14.6. The van der Waals surface area contributed by atoms with Crippen LogP contribution in [0.15, 0.2) is 73.3 Å². The number of rotatable bonds is 9. The van der Waals surface area contributed by atoms with Gasteiger partial charge < -0.3 is 24.6 Å². The molecule has 1 aliphatic rings. The lowest BCUT2D eigenvalue weighted by Crippen LogP contribution is -2.47. The maximum Gasteiger partial charge on any atom is 0.387 e. The fraction of sp³-hybridized carbons (Fsp3) is 0.281. The van der Waals surface area contributed by atoms with Crippen molar-refractivity contribution in [3.05, 3.63) is 84.4 Å². The molecule has 0 saturated carbocycles. The molecule has 6 rings (SSSR count). The molecule has 1 saturated heterocycles. The fourth-order valence-corrected chi connectivity index (χ4v) is 5.48. The van der Waals surface area contributed by atoms with Gasteiger partial charge in [-0.05, 0) is 69.4 Å². The van der Waals surface area contributed by atoms with Crippen molar-refractivity contribution in [3.63, 3.8) is 0 Å². The van der Waals surface area contributed by atoms with Crippen molar-refractivity contribution in [1.82, 2.24) is 34.2 Å². The molecular formula is C32H32F2N8O4. The molecule has 2 aromatic carbocycles. The average molecular weight is 631 g/mol. The summed E-state index contributed by atoms with van der Waals surface area (Å²) in [5.41, 5.74) is 1.61. The smallest absolute Gasteiger partial charge is 0.387 e. The molecule has 2 amide bonds. The van der Waals surface area contributed by atoms with Crippen molar-refractivity contribution in [2.75, 3.05) is 32.5 Å². The summed E-state index contributed by atoms with van der Waals surface area (Å²) in [5.74, 6) is -0.108. The summed E-state index contributed by atoms with van der Waals surface area (Å²) in [6, 6.07) is 13.1. The molecule has 0 radical (unpaired) electrons. The van der Waals surface area contributed by atoms with Crippen LogP contribution in [0.5, 0.6) is 17.2 Å². The van der Waals surface area contributed by atoms with E-state index in [9.17, 15) is 18.4 Å². The van der Waals surface area contributed by atoms with Gasteiger partial charge in [0.2, 0.25) is 0 Å². The van der Waals surface area contributed by atoms with Crippen molar-refractivity contribution >= 4 is 23.1 Å². The quantitative estimate of drug-likeness (QED) is 0.243. The number of nitrogens with one attached hydrogen (secondary N) is 1. The summed E-state index contributed by atoms with van der Waals surface area (Å²) < 4.78 is 40.7. The van der Waals surface area contributed by atoms with E-state index in [-0.39, 0.29) is 39.9 Å². The minimum atomic E-state index is -3.11. The summed E-state index contributed by atoms with van der Waals surface area (Å²) in [6.07, 6.45) is 8.09. The van der Waals surface area contributed by atoms with Crippen LogP contribution in [0.3, 0.4) is 0 Å². The van der Waals surface area contributed by atoms with Crippen LogP contribution in [0.1, 0.15) is 33.6 Å². The number of nitrogens with zero attached hydrogens (tertiary/aromatic N) is 7. The molecule has 0 aliphatic carbocycles. The minimum Gasteiger partial charge on any atom is -0.457 e. The lowest BCUT2D eigenvalue weighted by molar-refractivity contribution is -0.0494. The van der Waals surface area contributed by atoms with Crippen LogP contribution in [0.4, 0.5) is 14.5 Å². The molecule has 1 atom stereocenters. The number of benzene rings is 2. The number of likely N-dealkylation sites (tertiary alicyclic amines) is 1. The first-order valence-corrected chi connectivity index (χ1v) is 14.6. The Balaban J connectivity index is 1.28. The van der Waals surface area contributed by atoms with Crippen molar-refractivity contribution in [2.45, 2.75) is 25.5 Å². The number of alkyl halides is 2. The Bertz CT molecular complexity index is 1890. The summed E-state index contributed by atoms with van der Waals surface area (Å²) >= 11 is 0. The van der Waals surface area contributed by atoms with Crippen LogP contribution < -0.4 is 14.8 Å². The molecule has 5 aromatic rings. The van der Waals surface area contributed by atoms with Gasteiger partial charge in [0.1, 0.15) is 28.5 Å². The lowest BCUT2D eigenvalue weighted by Gasteiger charge is -2.36. The second-order valence-corrected chi connectivity index (χ2v) is 11.1. The number of likely N-dealkylation sites (N-methyl/N-ethyl adjacent to an activating group) is 1. The van der Waals surface area contributed by atoms with Gasteiger partial charge in [-0.1, -0.05) is 6.07 Å². The van der Waals surface area contributed by atoms with Crippen molar-refractivity contribution in [3.8, 4) is 28.5 Å². The van der Waals surface area contributed by atoms with Gasteiger partial charge in [-0.15, -0.1) is 0 Å². The molecule has 238 valence electrons. The SMILES string of the molecule is CN(C)C1CCCN(C(=O)c2cccc(Oc3ccc(OC(F)F)c(-c4nn(C)cc4NC(=O)c4cnn5cccnc45)c3)c2)C1. The number of piperidine rings is 1. The molecule has 1 N–H and O–H groups in total. The number of aryl methyl sites for hydroxylation is 1. The van der Waals surface area contributed by atoms with Gasteiger partial charge >= 0.3 is 6.61 Å². The monoisotopic (exact) mass is 630 g/mol. The topological polar surface area (TPSA) is 119 Å². The number of aromatic nitrogens is 5. The first kappa shape index (κ1) is 30.6. The molecule has 14 heteroatoms. The van der Waals surface area contributed by atoms with E-state index in [0.717, 1.165) is 12.8 Å². The summed E-state index contributed by atoms with van der Waals surface area (Å²) in [7, 11) is 5.66. The zero-order valence-corrected chi connectivity index (χ0v) is 25.4. The van der Waals surface area contributed by atoms with Crippen LogP contribution >= 0.6 is 0 Å². The van der Waals surface area contributed by atoms with E-state index >= 15 is 0 Å². The maximum absolute atomic E-state index is 13.5. The standard InChI is InChI=1S/C32H32F2N8O4/c1-39(2)21-8-5-13-41(18-21)31(44)20-7-4-9-22(15-20)45-23-10-11-27(46-32(33)34)24(16-23)28-26(19-40(3)38-28)37-30(43)25-17-36-42-14-6-12-35-29(25)42/h4,6-7,9-12,14-17,19,21,32H,5,8,13,18H2,1-3H3,(H,37,43). The van der Waals surface area contributed by atoms with Gasteiger partial charge in [0, 0.05) is 50.3 Å². The first-order chi connectivity index (χ1) is 22.2. The van der Waals surface area contributed by atoms with Crippen LogP contribution in [-0.4, -0.2) is 85.8 Å². The maximum atomic E-state index is 13.5. The van der Waals surface area contributed by atoms with E-state index in [0.29, 0.717) is 36.1 Å². The van der Waals surface area contributed by atoms with Crippen LogP contribution in [0, 0.1) is 0 Å². The lowest BCUT2D eigenvalue weighted by atomic mass is 10.0. The van der Waals surface area contributed by atoms with Crippen LogP contribution in [-0.2, 0) is 7.05 Å². The van der Waals surface area contributed by atoms with Crippen LogP contribution in [0.2, 0.25) is 0 Å². The number of fused-ring (bicyclic) bond motifs is 1. The number of amides is 2. The second kappa shape index (κ2) is 12.9. The zero-order valence-electron chi connectivity index (χ0n) is 25.4. The Hall–Kier alpha value is -5.37. The average Bonchev–Trinajstić information content (AvgIpc) is 3.64. The van der Waals surface area contributed by atoms with E-state index in [4.69, 9.17) is 9.47 Å². The molecule has 12 nitrogen and oxygen atoms in total. The van der Waals surface area contributed by atoms with Crippen molar-refractivity contribution in [1.29, 1.82) is 0 Å². The predicted molar refractivity (Wildman–Crippen MR) is 165 cm³/mol. The molecule has 0 bridgehead atoms. The second-order valence-electron chi connectivity index (χ2n) is 11.1. The van der Waals surface area contributed by atoms with E-state index < -0.39 is 12.5 Å². The Kier molecular flexibility index (Phi) is 8.61. The van der Waals surface area contributed by atoms with E-state index in [1.54, 1.807) is 56.0 Å². The molecule has 1 unspecified atom stereocenters. The highest BCUT2D eigenvalue weighted by Gasteiger charge is 2.26. The largest absolute Gasteiger partial charge is 0.457 e. The third kappa shape index (κ3) is 6.52. The van der Waals surface area contributed by atoms with Crippen molar-refractivity contribution in [2.24, 2.45) is 7.05 Å². The van der Waals surface area contributed by atoms with Crippen molar-refractivity contribution < 1.29 is 27.8 Å². The normalized spacial score (nSPS) is 15.0. The fourth-order valence-electron chi connectivity index (χ4n) is 5.48. The number of halogens is 2. The van der Waals surface area contributed by atoms with Gasteiger partial charge in [-0.25, -0.2) is 9.50 Å². The van der Waals surface area contributed by atoms with E-state index in [2.05, 4.69) is 25.4 Å². The Labute approximate surface area is 263 Å². The van der Waals surface area contributed by atoms with Gasteiger partial charge in [0.15, 0.2) is 5.65 Å². The Morgan fingerprint density at radius 1 is 1.11 bits per heavy atom. The van der Waals surface area contributed by atoms with Crippen LogP contribution in [0.25, 0.3) is 16.9 Å². The summed E-state index contributed by atoms with van der Waals surface area (Å²) in [4.78, 5) is 34.8. The molecule has 4 heterocycles. The predicted octanol–water partition coefficient (Wildman–Crippen LogP) is 4.94. The Morgan fingerprint density at radius 2 is 1.93 bits per heavy atom. The number of hydrogen-bond donors (Lipinski definition) is 1. The van der Waals surface area contributed by atoms with Gasteiger partial charge in [-0.2, -0.15) is 19.0 Å². The number of carbonyl (C=O) groups excluding carboxylic acids is 2. The highest BCUT2D eigenvalue weighted by Crippen LogP contribution is 2.39. The number of hydrogen-bond acceptors (Lipinski definition) is 8. The Morgan fingerprint density at radius 3 is 2.74 bits per heavy atom. The molecule has 1 fully saturated rings. The van der Waals surface area contributed by atoms with Gasteiger partial charge in [0.25, 0.3) is 11.8 Å². The summed E-state index contributed by atoms with van der Waals surface area (Å²) in [6.45, 7) is -1.79. The van der Waals surface area contributed by atoms with E-state index in [1.165, 1.54) is 33.6 Å². The molecule has 0 spiro atoms. The summed E-state index contributed by atoms with van der Waals surface area (Å²) in [5, 5.41) is 11.4. The molecule has 3 aromatic heterocycles. The van der Waals surface area contributed by atoms with Gasteiger partial charge in [0.05, 0.1) is 17.4 Å². The minimum absolute atomic E-state index is 0.0892. The molecule has 1 aliphatic heterocycles. The number of anilines is 1. The molecule has 46 heavy (non-hydrogen) atoms. The zero-order chi connectivity index (χ0) is 32.4. The van der Waals surface area contributed by atoms with E-state index in [1.807, 2.05) is 19.0 Å². The number of ether oxygens (including phenoxy) is 2. The molecular weight excluding hydrogens is 598 g/mol. The highest BCUT2D eigenvalue weighted by atomic mass is 19.3.